The third-order valence-electron chi connectivity index (χ3n) is 9.35. The van der Waals surface area contributed by atoms with Gasteiger partial charge in [0.15, 0.2) is 0 Å². The zero-order valence-electron chi connectivity index (χ0n) is 24.2. The molecule has 3 aromatic rings. The summed E-state index contributed by atoms with van der Waals surface area (Å²) in [7, 11) is 1.68. The summed E-state index contributed by atoms with van der Waals surface area (Å²) in [4.78, 5) is 61.3. The molecule has 1 unspecified atom stereocenters. The van der Waals surface area contributed by atoms with Gasteiger partial charge in [-0.3, -0.25) is 25.0 Å². The fourth-order valence-electron chi connectivity index (χ4n) is 6.77. The fourth-order valence-corrected chi connectivity index (χ4v) is 7.98. The number of rotatable bonds is 7. The first kappa shape index (κ1) is 27.8. The molecule has 2 aromatic heterocycles. The molecule has 1 aromatic carbocycles. The first-order valence-corrected chi connectivity index (χ1v) is 15.8. The molecular formula is C31H34N6O5S. The number of fused-ring (bicyclic) bond motifs is 2. The van der Waals surface area contributed by atoms with Crippen molar-refractivity contribution in [3.05, 3.63) is 46.1 Å². The van der Waals surface area contributed by atoms with Crippen molar-refractivity contribution in [1.82, 2.24) is 25.5 Å². The van der Waals surface area contributed by atoms with Gasteiger partial charge in [0.2, 0.25) is 11.8 Å². The second kappa shape index (κ2) is 10.6. The molecule has 2 aliphatic carbocycles. The highest BCUT2D eigenvalue weighted by Crippen LogP contribution is 2.49. The van der Waals surface area contributed by atoms with Gasteiger partial charge in [-0.15, -0.1) is 11.3 Å². The third-order valence-corrected chi connectivity index (χ3v) is 10.6. The Morgan fingerprint density at radius 2 is 1.88 bits per heavy atom. The molecule has 7 rings (SSSR count). The first-order valence-electron chi connectivity index (χ1n) is 15.0. The van der Waals surface area contributed by atoms with E-state index in [1.165, 1.54) is 36.1 Å². The Balaban J connectivity index is 1.09. The Hall–Kier alpha value is -4.06. The van der Waals surface area contributed by atoms with Crippen LogP contribution in [-0.2, 0) is 21.7 Å². The van der Waals surface area contributed by atoms with Crippen LogP contribution >= 0.6 is 11.3 Å². The van der Waals surface area contributed by atoms with Crippen molar-refractivity contribution in [2.75, 3.05) is 12.4 Å². The molecule has 12 heteroatoms. The Bertz CT molecular complexity index is 1660. The number of aromatic nitrogens is 2. The molecule has 0 bridgehead atoms. The van der Waals surface area contributed by atoms with Gasteiger partial charge < -0.3 is 15.0 Å². The predicted molar refractivity (Wildman–Crippen MR) is 160 cm³/mol. The average molecular weight is 603 g/mol. The number of anilines is 1. The van der Waals surface area contributed by atoms with E-state index in [1.807, 2.05) is 6.92 Å². The number of benzene rings is 1. The van der Waals surface area contributed by atoms with E-state index in [0.29, 0.717) is 23.0 Å². The Morgan fingerprint density at radius 3 is 2.60 bits per heavy atom. The van der Waals surface area contributed by atoms with Crippen LogP contribution in [0.2, 0.25) is 0 Å². The molecule has 2 atom stereocenters. The number of thiazole rings is 1. The molecule has 5 amide bonds. The number of ether oxygens (including phenoxy) is 1. The van der Waals surface area contributed by atoms with Crippen molar-refractivity contribution in [3.63, 3.8) is 0 Å². The predicted octanol–water partition coefficient (Wildman–Crippen LogP) is 4.57. The summed E-state index contributed by atoms with van der Waals surface area (Å²) < 4.78 is 6.83. The number of methoxy groups -OCH3 is 1. The van der Waals surface area contributed by atoms with Crippen LogP contribution in [0.25, 0.3) is 10.2 Å². The molecule has 11 nitrogen and oxygen atoms in total. The van der Waals surface area contributed by atoms with Crippen molar-refractivity contribution in [3.8, 4) is 5.75 Å². The number of pyridine rings is 1. The van der Waals surface area contributed by atoms with Crippen LogP contribution in [0, 0.1) is 5.92 Å². The lowest BCUT2D eigenvalue weighted by Crippen LogP contribution is -2.52. The molecule has 4 heterocycles. The van der Waals surface area contributed by atoms with E-state index in [4.69, 9.17) is 9.72 Å². The summed E-state index contributed by atoms with van der Waals surface area (Å²) in [6, 6.07) is 6.45. The average Bonchev–Trinajstić information content (AvgIpc) is 3.38. The highest BCUT2D eigenvalue weighted by Gasteiger charge is 2.46. The summed E-state index contributed by atoms with van der Waals surface area (Å²) >= 11 is 1.61. The van der Waals surface area contributed by atoms with Gasteiger partial charge >= 0.3 is 6.03 Å². The Labute approximate surface area is 252 Å². The van der Waals surface area contributed by atoms with E-state index in [0.717, 1.165) is 33.8 Å². The zero-order chi connectivity index (χ0) is 29.9. The lowest BCUT2D eigenvalue weighted by Gasteiger charge is -2.29. The van der Waals surface area contributed by atoms with E-state index >= 15 is 0 Å². The second-order valence-electron chi connectivity index (χ2n) is 12.2. The van der Waals surface area contributed by atoms with Gasteiger partial charge in [0.05, 0.1) is 35.2 Å². The molecule has 2 aliphatic heterocycles. The molecule has 0 radical (unpaired) electrons. The molecule has 0 spiro atoms. The topological polar surface area (TPSA) is 143 Å². The second-order valence-corrected chi connectivity index (χ2v) is 13.2. The van der Waals surface area contributed by atoms with Crippen molar-refractivity contribution in [1.29, 1.82) is 0 Å². The van der Waals surface area contributed by atoms with Crippen LogP contribution in [0.3, 0.4) is 0 Å². The summed E-state index contributed by atoms with van der Waals surface area (Å²) in [5, 5.41) is 9.18. The quantitative estimate of drug-likeness (QED) is 0.337. The summed E-state index contributed by atoms with van der Waals surface area (Å²) in [6.07, 6.45) is 7.34. The van der Waals surface area contributed by atoms with Crippen LogP contribution in [0.4, 0.5) is 10.6 Å². The van der Waals surface area contributed by atoms with Gasteiger partial charge in [-0.2, -0.15) is 0 Å². The van der Waals surface area contributed by atoms with Crippen molar-refractivity contribution in [2.45, 2.75) is 82.3 Å². The summed E-state index contributed by atoms with van der Waals surface area (Å²) in [5.74, 6) is 0.763. The van der Waals surface area contributed by atoms with Gasteiger partial charge in [-0.25, -0.2) is 14.8 Å². The number of carbonyl (C=O) groups excluding carboxylic acids is 4. The van der Waals surface area contributed by atoms with Gasteiger partial charge in [0.25, 0.3) is 5.91 Å². The minimum atomic E-state index is -0.722. The molecule has 2 saturated carbocycles. The number of urea groups is 1. The molecule has 4 aliphatic rings. The SMILES string of the molecule is COc1cc(C2CCCC2)cc2sc([C@](C)(NC(=O)Nc3ccc4c(n3)CN(C3CCC(=O)NC3=O)C4=O)C3CC3)nc12. The van der Waals surface area contributed by atoms with Crippen molar-refractivity contribution in [2.24, 2.45) is 5.92 Å². The number of hydrogen-bond acceptors (Lipinski definition) is 8. The Morgan fingerprint density at radius 1 is 1.09 bits per heavy atom. The van der Waals surface area contributed by atoms with Crippen molar-refractivity contribution >= 4 is 51.1 Å². The number of nitrogens with zero attached hydrogens (tertiary/aromatic N) is 3. The smallest absolute Gasteiger partial charge is 0.321 e. The van der Waals surface area contributed by atoms with Gasteiger partial charge in [0.1, 0.15) is 28.1 Å². The van der Waals surface area contributed by atoms with Crippen LogP contribution in [0.5, 0.6) is 5.75 Å². The minimum Gasteiger partial charge on any atom is -0.494 e. The summed E-state index contributed by atoms with van der Waals surface area (Å²) in [5.41, 5.74) is 2.31. The minimum absolute atomic E-state index is 0.133. The maximum Gasteiger partial charge on any atom is 0.321 e. The number of imide groups is 1. The van der Waals surface area contributed by atoms with E-state index in [-0.39, 0.29) is 37.1 Å². The van der Waals surface area contributed by atoms with Gasteiger partial charge in [-0.05, 0) is 80.7 Å². The van der Waals surface area contributed by atoms with E-state index in [1.54, 1.807) is 30.6 Å². The molecule has 1 saturated heterocycles. The molecule has 43 heavy (non-hydrogen) atoms. The van der Waals surface area contributed by atoms with Gasteiger partial charge in [0, 0.05) is 6.42 Å². The monoisotopic (exact) mass is 602 g/mol. The van der Waals surface area contributed by atoms with Gasteiger partial charge in [-0.1, -0.05) is 12.8 Å². The van der Waals surface area contributed by atoms with Crippen LogP contribution in [-0.4, -0.2) is 51.8 Å². The van der Waals surface area contributed by atoms with Crippen molar-refractivity contribution < 1.29 is 23.9 Å². The highest BCUT2D eigenvalue weighted by molar-refractivity contribution is 7.18. The highest BCUT2D eigenvalue weighted by atomic mass is 32.1. The number of hydrogen-bond donors (Lipinski definition) is 3. The molecule has 224 valence electrons. The normalized spacial score (nSPS) is 22.0. The number of piperidine rings is 1. The molecule has 3 fully saturated rings. The van der Waals surface area contributed by atoms with Crippen LogP contribution in [0.15, 0.2) is 24.3 Å². The molecular weight excluding hydrogens is 568 g/mol. The third kappa shape index (κ3) is 5.01. The first-order chi connectivity index (χ1) is 20.7. The largest absolute Gasteiger partial charge is 0.494 e. The van der Waals surface area contributed by atoms with E-state index in [9.17, 15) is 19.2 Å². The standard InChI is InChI=1S/C31H34N6O5S/c1-31(18-7-8-18,29-35-26-22(42-2)13-17(14-23(26)43-29)16-5-3-4-6-16)36-30(41)33-24-11-9-19-20(32-24)15-37(28(19)40)21-10-12-25(38)34-27(21)39/h9,11,13-14,16,18,21H,3-8,10,12,15H2,1-2H3,(H,34,38,39)(H2,32,33,36,41)/t21?,31-/m1/s1. The lowest BCUT2D eigenvalue weighted by molar-refractivity contribution is -0.136. The van der Waals surface area contributed by atoms with E-state index < -0.39 is 23.5 Å². The lowest BCUT2D eigenvalue weighted by atomic mass is 9.96. The van der Waals surface area contributed by atoms with Crippen LogP contribution in [0.1, 0.15) is 90.8 Å². The summed E-state index contributed by atoms with van der Waals surface area (Å²) in [6.45, 7) is 2.16. The maximum atomic E-state index is 13.4. The number of nitrogens with one attached hydrogen (secondary N) is 3. The number of carbonyl (C=O) groups is 4. The maximum absolute atomic E-state index is 13.4. The number of amides is 5. The molecule has 3 N–H and O–H groups in total. The zero-order valence-corrected chi connectivity index (χ0v) is 25.0. The van der Waals surface area contributed by atoms with Crippen LogP contribution < -0.4 is 20.7 Å². The Kier molecular flexibility index (Phi) is 6.83. The fraction of sp³-hybridized carbons (Fsp3) is 0.484. The van der Waals surface area contributed by atoms with E-state index in [2.05, 4.69) is 33.1 Å².